The first kappa shape index (κ1) is 30.4. The SMILES string of the molecule is CCOC(=O)CC(CC)OC(=O)c1ccccc1.CCOC(=O)CC(CC)OC(=O)c1ccccc1. The minimum Gasteiger partial charge on any atom is -0.466 e. The summed E-state index contributed by atoms with van der Waals surface area (Å²) in [5.41, 5.74) is 0.972. The molecule has 0 heterocycles. The first-order valence-electron chi connectivity index (χ1n) is 12.2. The summed E-state index contributed by atoms with van der Waals surface area (Å²) in [4.78, 5) is 46.2. The average molecular weight is 501 g/mol. The zero-order chi connectivity index (χ0) is 26.8. The first-order chi connectivity index (χ1) is 17.3. The molecule has 2 rings (SSSR count). The molecular formula is C28H36O8. The molecule has 8 nitrogen and oxygen atoms in total. The molecule has 2 unspecified atom stereocenters. The van der Waals surface area contributed by atoms with Gasteiger partial charge in [-0.3, -0.25) is 9.59 Å². The molecule has 2 aromatic rings. The Hall–Kier alpha value is -3.68. The van der Waals surface area contributed by atoms with Crippen LogP contribution in [0, 0.1) is 0 Å². The number of benzene rings is 2. The molecule has 0 amide bonds. The molecule has 0 aliphatic heterocycles. The molecule has 0 aliphatic rings. The van der Waals surface area contributed by atoms with E-state index >= 15 is 0 Å². The van der Waals surface area contributed by atoms with E-state index in [1.807, 2.05) is 26.0 Å². The summed E-state index contributed by atoms with van der Waals surface area (Å²) in [7, 11) is 0. The molecule has 0 bridgehead atoms. The van der Waals surface area contributed by atoms with Gasteiger partial charge in [0.15, 0.2) is 0 Å². The molecule has 0 aliphatic carbocycles. The van der Waals surface area contributed by atoms with Crippen LogP contribution in [0.3, 0.4) is 0 Å². The predicted molar refractivity (Wildman–Crippen MR) is 134 cm³/mol. The molecule has 0 fully saturated rings. The second-order valence-corrected chi connectivity index (χ2v) is 7.62. The van der Waals surface area contributed by atoms with Crippen LogP contribution in [-0.4, -0.2) is 49.3 Å². The van der Waals surface area contributed by atoms with Crippen molar-refractivity contribution in [1.29, 1.82) is 0 Å². The topological polar surface area (TPSA) is 105 Å². The fraction of sp³-hybridized carbons (Fsp3) is 0.429. The van der Waals surface area contributed by atoms with Crippen molar-refractivity contribution >= 4 is 23.9 Å². The second kappa shape index (κ2) is 17.7. The van der Waals surface area contributed by atoms with Gasteiger partial charge in [-0.15, -0.1) is 0 Å². The predicted octanol–water partition coefficient (Wildman–Crippen LogP) is 5.15. The number of carbonyl (C=O) groups excluding carboxylic acids is 4. The lowest BCUT2D eigenvalue weighted by Crippen LogP contribution is -2.22. The number of hydrogen-bond donors (Lipinski definition) is 0. The molecule has 36 heavy (non-hydrogen) atoms. The van der Waals surface area contributed by atoms with Crippen LogP contribution in [0.15, 0.2) is 60.7 Å². The van der Waals surface area contributed by atoms with Crippen molar-refractivity contribution in [3.8, 4) is 0 Å². The van der Waals surface area contributed by atoms with Gasteiger partial charge in [0, 0.05) is 0 Å². The fourth-order valence-electron chi connectivity index (χ4n) is 2.94. The van der Waals surface area contributed by atoms with Crippen molar-refractivity contribution in [3.05, 3.63) is 71.8 Å². The zero-order valence-corrected chi connectivity index (χ0v) is 21.4. The summed E-state index contributed by atoms with van der Waals surface area (Å²) in [6.45, 7) is 7.89. The van der Waals surface area contributed by atoms with Gasteiger partial charge in [0.25, 0.3) is 0 Å². The molecular weight excluding hydrogens is 464 g/mol. The van der Waals surface area contributed by atoms with Crippen LogP contribution in [0.1, 0.15) is 74.1 Å². The molecule has 2 aromatic carbocycles. The van der Waals surface area contributed by atoms with E-state index < -0.39 is 24.1 Å². The van der Waals surface area contributed by atoms with E-state index in [2.05, 4.69) is 0 Å². The van der Waals surface area contributed by atoms with Crippen molar-refractivity contribution < 1.29 is 38.1 Å². The highest BCUT2D eigenvalue weighted by Crippen LogP contribution is 2.11. The summed E-state index contributed by atoms with van der Waals surface area (Å²) >= 11 is 0. The normalized spacial score (nSPS) is 11.7. The van der Waals surface area contributed by atoms with Gasteiger partial charge >= 0.3 is 23.9 Å². The monoisotopic (exact) mass is 500 g/mol. The minimum atomic E-state index is -0.434. The third-order valence-electron chi connectivity index (χ3n) is 4.88. The van der Waals surface area contributed by atoms with E-state index in [0.29, 0.717) is 37.2 Å². The lowest BCUT2D eigenvalue weighted by molar-refractivity contribution is -0.146. The van der Waals surface area contributed by atoms with Crippen LogP contribution in [0.2, 0.25) is 0 Å². The maximum absolute atomic E-state index is 11.8. The van der Waals surface area contributed by atoms with E-state index in [9.17, 15) is 19.2 Å². The van der Waals surface area contributed by atoms with Crippen molar-refractivity contribution in [2.75, 3.05) is 13.2 Å². The first-order valence-corrected chi connectivity index (χ1v) is 12.2. The van der Waals surface area contributed by atoms with E-state index in [1.165, 1.54) is 0 Å². The molecule has 2 atom stereocenters. The summed E-state index contributed by atoms with van der Waals surface area (Å²) < 4.78 is 20.2. The molecule has 0 radical (unpaired) electrons. The Labute approximate surface area is 212 Å². The maximum Gasteiger partial charge on any atom is 0.338 e. The molecule has 0 saturated heterocycles. The molecule has 8 heteroatoms. The van der Waals surface area contributed by atoms with Gasteiger partial charge in [-0.1, -0.05) is 50.2 Å². The standard InChI is InChI=1S/2C14H18O4/c2*1-3-12(10-13(15)17-4-2)18-14(16)11-8-6-5-7-9-11/h2*5-9,12H,3-4,10H2,1-2H3. The second-order valence-electron chi connectivity index (χ2n) is 7.62. The van der Waals surface area contributed by atoms with Crippen LogP contribution < -0.4 is 0 Å². The fourth-order valence-corrected chi connectivity index (χ4v) is 2.94. The Morgan fingerprint density at radius 3 is 1.19 bits per heavy atom. The maximum atomic E-state index is 11.8. The number of carbonyl (C=O) groups is 4. The number of ether oxygens (including phenoxy) is 4. The van der Waals surface area contributed by atoms with E-state index in [1.54, 1.807) is 62.4 Å². The Morgan fingerprint density at radius 2 is 0.917 bits per heavy atom. The third-order valence-corrected chi connectivity index (χ3v) is 4.88. The van der Waals surface area contributed by atoms with Gasteiger partial charge in [0.2, 0.25) is 0 Å². The molecule has 0 spiro atoms. The van der Waals surface area contributed by atoms with Crippen molar-refractivity contribution in [1.82, 2.24) is 0 Å². The van der Waals surface area contributed by atoms with Crippen LogP contribution in [0.4, 0.5) is 0 Å². The number of hydrogen-bond acceptors (Lipinski definition) is 8. The molecule has 0 aromatic heterocycles. The Kier molecular flexibility index (Phi) is 14.9. The highest BCUT2D eigenvalue weighted by Gasteiger charge is 2.19. The quantitative estimate of drug-likeness (QED) is 0.291. The van der Waals surface area contributed by atoms with Crippen LogP contribution in [0.5, 0.6) is 0 Å². The van der Waals surface area contributed by atoms with Gasteiger partial charge in [-0.05, 0) is 51.0 Å². The summed E-state index contributed by atoms with van der Waals surface area (Å²) in [6, 6.07) is 17.4. The van der Waals surface area contributed by atoms with Crippen molar-refractivity contribution in [2.45, 2.75) is 65.6 Å². The molecule has 0 N–H and O–H groups in total. The summed E-state index contributed by atoms with van der Waals surface area (Å²) in [5, 5.41) is 0. The Bertz CT molecular complexity index is 850. The average Bonchev–Trinajstić information content (AvgIpc) is 2.89. The van der Waals surface area contributed by atoms with Crippen LogP contribution >= 0.6 is 0 Å². The smallest absolute Gasteiger partial charge is 0.338 e. The van der Waals surface area contributed by atoms with Gasteiger partial charge in [0.05, 0.1) is 37.2 Å². The summed E-state index contributed by atoms with van der Waals surface area (Å²) in [6.07, 6.45) is 0.495. The molecule has 0 saturated carbocycles. The van der Waals surface area contributed by atoms with Crippen molar-refractivity contribution in [2.24, 2.45) is 0 Å². The van der Waals surface area contributed by atoms with Gasteiger partial charge in [0.1, 0.15) is 12.2 Å². The van der Waals surface area contributed by atoms with Gasteiger partial charge < -0.3 is 18.9 Å². The van der Waals surface area contributed by atoms with Gasteiger partial charge in [-0.2, -0.15) is 0 Å². The Balaban J connectivity index is 0.000000360. The van der Waals surface area contributed by atoms with E-state index in [-0.39, 0.29) is 24.8 Å². The highest BCUT2D eigenvalue weighted by atomic mass is 16.6. The largest absolute Gasteiger partial charge is 0.466 e. The Morgan fingerprint density at radius 1 is 0.583 bits per heavy atom. The summed E-state index contributed by atoms with van der Waals surface area (Å²) in [5.74, 6) is -1.51. The third kappa shape index (κ3) is 12.1. The molecule has 196 valence electrons. The number of esters is 4. The van der Waals surface area contributed by atoms with E-state index in [4.69, 9.17) is 18.9 Å². The highest BCUT2D eigenvalue weighted by molar-refractivity contribution is 5.90. The van der Waals surface area contributed by atoms with E-state index in [0.717, 1.165) is 0 Å². The zero-order valence-electron chi connectivity index (χ0n) is 21.4. The van der Waals surface area contributed by atoms with Gasteiger partial charge in [-0.25, -0.2) is 9.59 Å². The minimum absolute atomic E-state index is 0.100. The van der Waals surface area contributed by atoms with Crippen LogP contribution in [0.25, 0.3) is 0 Å². The number of rotatable bonds is 12. The lowest BCUT2D eigenvalue weighted by atomic mass is 10.2. The lowest BCUT2D eigenvalue weighted by Gasteiger charge is -2.15. The van der Waals surface area contributed by atoms with Crippen LogP contribution in [-0.2, 0) is 28.5 Å². The van der Waals surface area contributed by atoms with Crippen molar-refractivity contribution in [3.63, 3.8) is 0 Å².